The lowest BCUT2D eigenvalue weighted by molar-refractivity contribution is -0.384. The summed E-state index contributed by atoms with van der Waals surface area (Å²) in [6, 6.07) is 5.06. The minimum absolute atomic E-state index is 0.0113. The third-order valence-corrected chi connectivity index (χ3v) is 4.05. The van der Waals surface area contributed by atoms with Gasteiger partial charge in [-0.05, 0) is 24.1 Å². The Morgan fingerprint density at radius 2 is 1.95 bits per heavy atom. The summed E-state index contributed by atoms with van der Waals surface area (Å²) in [4.78, 5) is 12.8. The molecule has 0 aliphatic heterocycles. The molecule has 0 saturated carbocycles. The van der Waals surface area contributed by atoms with Crippen molar-refractivity contribution in [3.05, 3.63) is 38.9 Å². The number of halogens is 1. The number of hydrogen-bond acceptors (Lipinski definition) is 3. The Hall–Kier alpha value is -1.13. The molecule has 0 atom stereocenters. The molecule has 0 aliphatic carbocycles. The number of benzene rings is 1. The van der Waals surface area contributed by atoms with E-state index < -0.39 is 4.92 Å². The van der Waals surface area contributed by atoms with Gasteiger partial charge in [-0.25, -0.2) is 0 Å². The maximum Gasteiger partial charge on any atom is 0.288 e. The first kappa shape index (κ1) is 16.9. The standard InChI is InChI=1S/C15H23ClN2O2/c1-4-12(5-2)10-17(6-3)11-13-7-8-14(16)15(9-13)18(19)20/h7-9,12H,4-6,10-11H2,1-3H3. The van der Waals surface area contributed by atoms with Gasteiger partial charge in [0.15, 0.2) is 0 Å². The van der Waals surface area contributed by atoms with Gasteiger partial charge in [0.05, 0.1) is 4.92 Å². The van der Waals surface area contributed by atoms with Crippen LogP contribution in [0.5, 0.6) is 0 Å². The molecule has 0 spiro atoms. The van der Waals surface area contributed by atoms with Gasteiger partial charge in [0.25, 0.3) is 5.69 Å². The Morgan fingerprint density at radius 1 is 1.30 bits per heavy atom. The molecular formula is C15H23ClN2O2. The first-order valence-corrected chi connectivity index (χ1v) is 7.54. The zero-order valence-corrected chi connectivity index (χ0v) is 13.2. The molecule has 0 amide bonds. The molecule has 4 nitrogen and oxygen atoms in total. The molecule has 0 saturated heterocycles. The van der Waals surface area contributed by atoms with Crippen LogP contribution < -0.4 is 0 Å². The van der Waals surface area contributed by atoms with Crippen molar-refractivity contribution in [3.8, 4) is 0 Å². The third-order valence-electron chi connectivity index (χ3n) is 3.73. The lowest BCUT2D eigenvalue weighted by Gasteiger charge is -2.25. The van der Waals surface area contributed by atoms with Crippen LogP contribution in [0.1, 0.15) is 39.2 Å². The maximum atomic E-state index is 10.9. The van der Waals surface area contributed by atoms with E-state index in [0.29, 0.717) is 5.92 Å². The van der Waals surface area contributed by atoms with Crippen molar-refractivity contribution in [2.45, 2.75) is 40.2 Å². The van der Waals surface area contributed by atoms with E-state index in [1.165, 1.54) is 0 Å². The van der Waals surface area contributed by atoms with Crippen molar-refractivity contribution in [1.82, 2.24) is 4.90 Å². The predicted molar refractivity (Wildman–Crippen MR) is 83.1 cm³/mol. The van der Waals surface area contributed by atoms with E-state index in [4.69, 9.17) is 11.6 Å². The number of hydrogen-bond donors (Lipinski definition) is 0. The lowest BCUT2D eigenvalue weighted by atomic mass is 10.0. The summed E-state index contributed by atoms with van der Waals surface area (Å²) in [6.45, 7) is 9.22. The van der Waals surface area contributed by atoms with Gasteiger partial charge in [0, 0.05) is 19.2 Å². The van der Waals surface area contributed by atoms with Crippen LogP contribution in [0.4, 0.5) is 5.69 Å². The van der Waals surface area contributed by atoms with Crippen LogP contribution in [-0.2, 0) is 6.54 Å². The molecule has 0 bridgehead atoms. The van der Waals surface area contributed by atoms with Gasteiger partial charge >= 0.3 is 0 Å². The predicted octanol–water partition coefficient (Wildman–Crippen LogP) is 4.51. The highest BCUT2D eigenvalue weighted by molar-refractivity contribution is 6.32. The molecule has 0 aliphatic rings. The highest BCUT2D eigenvalue weighted by atomic mass is 35.5. The fourth-order valence-electron chi connectivity index (χ4n) is 2.27. The smallest absolute Gasteiger partial charge is 0.288 e. The molecule has 112 valence electrons. The molecule has 0 heterocycles. The highest BCUT2D eigenvalue weighted by Gasteiger charge is 2.15. The molecule has 1 aromatic rings. The minimum Gasteiger partial charge on any atom is -0.299 e. The average molecular weight is 299 g/mol. The fourth-order valence-corrected chi connectivity index (χ4v) is 2.46. The Balaban J connectivity index is 2.79. The summed E-state index contributed by atoms with van der Waals surface area (Å²) in [5.74, 6) is 0.678. The molecule has 1 aromatic carbocycles. The first-order valence-electron chi connectivity index (χ1n) is 7.16. The second kappa shape index (κ2) is 8.22. The molecule has 0 radical (unpaired) electrons. The molecular weight excluding hydrogens is 276 g/mol. The molecule has 20 heavy (non-hydrogen) atoms. The van der Waals surface area contributed by atoms with E-state index in [1.54, 1.807) is 12.1 Å². The summed E-state index contributed by atoms with van der Waals surface area (Å²) in [7, 11) is 0. The van der Waals surface area contributed by atoms with Crippen LogP contribution >= 0.6 is 11.6 Å². The van der Waals surface area contributed by atoms with Crippen molar-refractivity contribution >= 4 is 17.3 Å². The molecule has 0 N–H and O–H groups in total. The first-order chi connectivity index (χ1) is 9.51. The number of rotatable bonds is 8. The topological polar surface area (TPSA) is 46.4 Å². The van der Waals surface area contributed by atoms with Crippen molar-refractivity contribution in [2.24, 2.45) is 5.92 Å². The zero-order valence-electron chi connectivity index (χ0n) is 12.4. The van der Waals surface area contributed by atoms with E-state index in [0.717, 1.165) is 38.0 Å². The van der Waals surface area contributed by atoms with Gasteiger partial charge in [-0.15, -0.1) is 0 Å². The van der Waals surface area contributed by atoms with Crippen LogP contribution in [0.25, 0.3) is 0 Å². The van der Waals surface area contributed by atoms with Crippen LogP contribution in [0.2, 0.25) is 5.02 Å². The SMILES string of the molecule is CCC(CC)CN(CC)Cc1ccc(Cl)c([N+](=O)[O-])c1. The second-order valence-corrected chi connectivity index (χ2v) is 5.46. The fraction of sp³-hybridized carbons (Fsp3) is 0.600. The van der Waals surface area contributed by atoms with Crippen molar-refractivity contribution < 1.29 is 4.92 Å². The molecule has 1 rings (SSSR count). The van der Waals surface area contributed by atoms with Gasteiger partial charge in [0.1, 0.15) is 5.02 Å². The number of nitro benzene ring substituents is 1. The minimum atomic E-state index is -0.428. The van der Waals surface area contributed by atoms with Gasteiger partial charge in [-0.2, -0.15) is 0 Å². The van der Waals surface area contributed by atoms with E-state index in [-0.39, 0.29) is 10.7 Å². The highest BCUT2D eigenvalue weighted by Crippen LogP contribution is 2.25. The Kier molecular flexibility index (Phi) is 6.96. The van der Waals surface area contributed by atoms with Crippen molar-refractivity contribution in [2.75, 3.05) is 13.1 Å². The molecule has 5 heteroatoms. The second-order valence-electron chi connectivity index (χ2n) is 5.05. The summed E-state index contributed by atoms with van der Waals surface area (Å²) >= 11 is 5.84. The van der Waals surface area contributed by atoms with Crippen LogP contribution in [-0.4, -0.2) is 22.9 Å². The normalized spacial score (nSPS) is 11.3. The Morgan fingerprint density at radius 3 is 2.45 bits per heavy atom. The largest absolute Gasteiger partial charge is 0.299 e. The van der Waals surface area contributed by atoms with Crippen LogP contribution in [0, 0.1) is 16.0 Å². The summed E-state index contributed by atoms with van der Waals surface area (Å²) in [5, 5.41) is 11.1. The Labute approximate surface area is 125 Å². The Bertz CT molecular complexity index is 447. The van der Waals surface area contributed by atoms with Gasteiger partial charge in [0.2, 0.25) is 0 Å². The van der Waals surface area contributed by atoms with E-state index in [1.807, 2.05) is 6.07 Å². The van der Waals surface area contributed by atoms with Gasteiger partial charge in [-0.1, -0.05) is 51.3 Å². The molecule has 0 unspecified atom stereocenters. The van der Waals surface area contributed by atoms with Crippen LogP contribution in [0.3, 0.4) is 0 Å². The van der Waals surface area contributed by atoms with Gasteiger partial charge in [-0.3, -0.25) is 15.0 Å². The van der Waals surface area contributed by atoms with Crippen LogP contribution in [0.15, 0.2) is 18.2 Å². The summed E-state index contributed by atoms with van der Waals surface area (Å²) in [5.41, 5.74) is 0.927. The summed E-state index contributed by atoms with van der Waals surface area (Å²) < 4.78 is 0. The quantitative estimate of drug-likeness (QED) is 0.524. The number of nitrogens with zero attached hydrogens (tertiary/aromatic N) is 2. The lowest BCUT2D eigenvalue weighted by Crippen LogP contribution is -2.28. The average Bonchev–Trinajstić information content (AvgIpc) is 2.44. The maximum absolute atomic E-state index is 10.9. The molecule has 0 aromatic heterocycles. The van der Waals surface area contributed by atoms with E-state index in [2.05, 4.69) is 25.7 Å². The monoisotopic (exact) mass is 298 g/mol. The van der Waals surface area contributed by atoms with Crippen molar-refractivity contribution in [3.63, 3.8) is 0 Å². The third kappa shape index (κ3) is 4.76. The van der Waals surface area contributed by atoms with Crippen molar-refractivity contribution in [1.29, 1.82) is 0 Å². The zero-order chi connectivity index (χ0) is 15.1. The van der Waals surface area contributed by atoms with E-state index in [9.17, 15) is 10.1 Å². The summed E-state index contributed by atoms with van der Waals surface area (Å²) in [6.07, 6.45) is 2.32. The molecule has 0 fully saturated rings. The number of nitro groups is 1. The van der Waals surface area contributed by atoms with Gasteiger partial charge < -0.3 is 0 Å². The van der Waals surface area contributed by atoms with E-state index >= 15 is 0 Å².